The monoisotopic (exact) mass is 764 g/mol. The molecule has 4 heterocycles. The smallest absolute Gasteiger partial charge is 0.375 e. The van der Waals surface area contributed by atoms with Gasteiger partial charge in [0.05, 0.1) is 11.4 Å². The SMILES string of the molecule is Cc1cc2c3c(c1)N(c1ccc(C(C)(C)C)cc1-c1ccccc1)c1c(oc4cc5c(cc14)C(C)(C)CCC5(C)C)B3n1c3ccc4ccccc4c3c3cccc-2c31. The Labute approximate surface area is 347 Å². The molecule has 0 unspecified atom stereocenters. The molecule has 0 amide bonds. The quantitative estimate of drug-likeness (QED) is 0.164. The second-order valence-corrected chi connectivity index (χ2v) is 20.1. The molecular weight excluding hydrogens is 715 g/mol. The largest absolute Gasteiger partial charge is 0.466 e. The molecule has 0 saturated heterocycles. The lowest BCUT2D eigenvalue weighted by Crippen LogP contribution is -2.56. The first kappa shape index (κ1) is 35.0. The molecule has 0 radical (unpaired) electrons. The first-order chi connectivity index (χ1) is 28.3. The van der Waals surface area contributed by atoms with Crippen LogP contribution < -0.4 is 16.0 Å². The molecule has 288 valence electrons. The average molecular weight is 765 g/mol. The molecule has 59 heavy (non-hydrogen) atoms. The average Bonchev–Trinajstić information content (AvgIpc) is 3.77. The van der Waals surface area contributed by atoms with Gasteiger partial charge in [-0.3, -0.25) is 0 Å². The molecule has 0 N–H and O–H groups in total. The highest BCUT2D eigenvalue weighted by atomic mass is 16.3. The maximum Gasteiger partial charge on any atom is 0.375 e. The summed E-state index contributed by atoms with van der Waals surface area (Å²) in [6.45, 7) is 18.8. The number of furan rings is 1. The number of hydrogen-bond donors (Lipinski definition) is 0. The van der Waals surface area contributed by atoms with Gasteiger partial charge in [-0.05, 0) is 122 Å². The van der Waals surface area contributed by atoms with Crippen LogP contribution in [0.5, 0.6) is 0 Å². The minimum absolute atomic E-state index is 0.0166. The van der Waals surface area contributed by atoms with Crippen molar-refractivity contribution in [2.75, 3.05) is 4.90 Å². The summed E-state index contributed by atoms with van der Waals surface area (Å²) in [6.07, 6.45) is 2.31. The van der Waals surface area contributed by atoms with Crippen molar-refractivity contribution < 1.29 is 4.42 Å². The molecule has 12 rings (SSSR count). The van der Waals surface area contributed by atoms with Crippen molar-refractivity contribution in [3.63, 3.8) is 0 Å². The number of aryl methyl sites for hydroxylation is 1. The van der Waals surface area contributed by atoms with E-state index in [4.69, 9.17) is 4.42 Å². The van der Waals surface area contributed by atoms with Crippen molar-refractivity contribution in [1.29, 1.82) is 0 Å². The molecule has 1 aliphatic carbocycles. The standard InChI is InChI=1S/C55H49BN2O/c1-32-27-40-37-19-14-20-38-48-36-18-13-12-17-34(36)21-23-45(48)58(50(37)38)56-49(40)46(28-32)57(44-24-22-35(53(2,3)4)29-39(44)33-15-10-9-11-16-33)51-41-30-42-43(31-47(41)59-52(51)56)55(7,8)26-25-54(42,5)6/h9-24,27-31H,25-26H2,1-8H3. The van der Waals surface area contributed by atoms with E-state index in [1.54, 1.807) is 0 Å². The van der Waals surface area contributed by atoms with E-state index >= 15 is 0 Å². The number of hydrogen-bond acceptors (Lipinski definition) is 2. The fraction of sp³-hybridized carbons (Fsp3) is 0.236. The van der Waals surface area contributed by atoms with Gasteiger partial charge in [-0.15, -0.1) is 0 Å². The molecular formula is C55H49BN2O. The van der Waals surface area contributed by atoms with Crippen molar-refractivity contribution in [2.24, 2.45) is 0 Å². The van der Waals surface area contributed by atoms with Crippen LogP contribution in [-0.4, -0.2) is 11.3 Å². The third-order valence-electron chi connectivity index (χ3n) is 14.4. The molecule has 3 nitrogen and oxygen atoms in total. The predicted octanol–water partition coefficient (Wildman–Crippen LogP) is 13.7. The highest BCUT2D eigenvalue weighted by Gasteiger charge is 2.48. The van der Waals surface area contributed by atoms with Gasteiger partial charge in [0.1, 0.15) is 11.2 Å². The number of para-hydroxylation sites is 1. The second kappa shape index (κ2) is 11.6. The molecule has 2 aliphatic heterocycles. The highest BCUT2D eigenvalue weighted by Crippen LogP contribution is 2.53. The van der Waals surface area contributed by atoms with E-state index in [-0.39, 0.29) is 23.1 Å². The van der Waals surface area contributed by atoms with Crippen LogP contribution in [0.4, 0.5) is 17.1 Å². The number of aromatic nitrogens is 1. The maximum absolute atomic E-state index is 7.56. The van der Waals surface area contributed by atoms with Crippen molar-refractivity contribution in [2.45, 2.75) is 84.5 Å². The minimum atomic E-state index is -0.164. The van der Waals surface area contributed by atoms with Crippen molar-refractivity contribution in [3.8, 4) is 22.3 Å². The lowest BCUT2D eigenvalue weighted by Gasteiger charge is -2.42. The fourth-order valence-electron chi connectivity index (χ4n) is 11.2. The molecule has 0 atom stereocenters. The summed E-state index contributed by atoms with van der Waals surface area (Å²) in [7, 11) is 0. The van der Waals surface area contributed by atoms with Gasteiger partial charge in [-0.2, -0.15) is 0 Å². The normalized spacial score (nSPS) is 16.2. The first-order valence-corrected chi connectivity index (χ1v) is 21.5. The lowest BCUT2D eigenvalue weighted by atomic mass is 9.47. The molecule has 0 fully saturated rings. The molecule has 3 aliphatic rings. The van der Waals surface area contributed by atoms with Gasteiger partial charge < -0.3 is 13.8 Å². The van der Waals surface area contributed by atoms with Gasteiger partial charge in [0.25, 0.3) is 0 Å². The number of fused-ring (bicyclic) bond motifs is 12. The van der Waals surface area contributed by atoms with Gasteiger partial charge in [-0.25, -0.2) is 0 Å². The zero-order valence-corrected chi connectivity index (χ0v) is 35.4. The summed E-state index contributed by atoms with van der Waals surface area (Å²) < 4.78 is 10.2. The molecule has 9 aromatic rings. The summed E-state index contributed by atoms with van der Waals surface area (Å²) in [5.74, 6) is 0. The molecule has 0 saturated carbocycles. The van der Waals surface area contributed by atoms with Gasteiger partial charge in [0, 0.05) is 44.0 Å². The fourth-order valence-corrected chi connectivity index (χ4v) is 11.2. The third kappa shape index (κ3) is 4.72. The molecule has 2 aromatic heterocycles. The van der Waals surface area contributed by atoms with Gasteiger partial charge in [-0.1, -0.05) is 139 Å². The van der Waals surface area contributed by atoms with E-state index in [9.17, 15) is 0 Å². The third-order valence-corrected chi connectivity index (χ3v) is 14.4. The van der Waals surface area contributed by atoms with Gasteiger partial charge in [0.15, 0.2) is 0 Å². The Morgan fingerprint density at radius 2 is 1.36 bits per heavy atom. The van der Waals surface area contributed by atoms with Crippen LogP contribution in [0.3, 0.4) is 0 Å². The van der Waals surface area contributed by atoms with Crippen molar-refractivity contribution in [1.82, 2.24) is 4.48 Å². The number of rotatable bonds is 2. The summed E-state index contributed by atoms with van der Waals surface area (Å²) >= 11 is 0. The van der Waals surface area contributed by atoms with Crippen LogP contribution in [0, 0.1) is 6.92 Å². The Morgan fingerprint density at radius 1 is 0.627 bits per heavy atom. The maximum atomic E-state index is 7.56. The topological polar surface area (TPSA) is 21.3 Å². The Hall–Kier alpha value is -6.00. The molecule has 4 heteroatoms. The zero-order chi connectivity index (χ0) is 40.3. The van der Waals surface area contributed by atoms with Crippen LogP contribution in [0.25, 0.3) is 65.8 Å². The van der Waals surface area contributed by atoms with E-state index in [0.717, 1.165) is 29.8 Å². The van der Waals surface area contributed by atoms with E-state index in [2.05, 4.69) is 192 Å². The molecule has 0 spiro atoms. The second-order valence-electron chi connectivity index (χ2n) is 20.1. The Kier molecular flexibility index (Phi) is 6.88. The van der Waals surface area contributed by atoms with Crippen LogP contribution in [0.15, 0.2) is 132 Å². The Balaban J connectivity index is 1.26. The summed E-state index contributed by atoms with van der Waals surface area (Å²) in [5.41, 5.74) is 19.9. The number of nitrogens with zero attached hydrogens (tertiary/aromatic N) is 2. The van der Waals surface area contributed by atoms with Crippen molar-refractivity contribution >= 4 is 78.6 Å². The summed E-state index contributed by atoms with van der Waals surface area (Å²) in [4.78, 5) is 2.60. The van der Waals surface area contributed by atoms with E-state index in [1.165, 1.54) is 99.3 Å². The Morgan fingerprint density at radius 3 is 2.14 bits per heavy atom. The first-order valence-electron chi connectivity index (χ1n) is 21.5. The van der Waals surface area contributed by atoms with Crippen molar-refractivity contribution in [3.05, 3.63) is 150 Å². The predicted molar refractivity (Wildman–Crippen MR) is 251 cm³/mol. The van der Waals surface area contributed by atoms with E-state index in [1.807, 2.05) is 0 Å². The van der Waals surface area contributed by atoms with E-state index in [0.29, 0.717) is 0 Å². The summed E-state index contributed by atoms with van der Waals surface area (Å²) in [6, 6.07) is 48.5. The number of benzene rings is 7. The van der Waals surface area contributed by atoms with Crippen LogP contribution in [0.1, 0.15) is 83.6 Å². The van der Waals surface area contributed by atoms with Gasteiger partial charge >= 0.3 is 6.85 Å². The Bertz CT molecular complexity index is 3280. The van der Waals surface area contributed by atoms with Crippen LogP contribution in [0.2, 0.25) is 0 Å². The van der Waals surface area contributed by atoms with Crippen LogP contribution in [-0.2, 0) is 16.2 Å². The minimum Gasteiger partial charge on any atom is -0.466 e. The number of anilines is 3. The van der Waals surface area contributed by atoms with Crippen LogP contribution >= 0.6 is 0 Å². The summed E-state index contributed by atoms with van der Waals surface area (Å²) in [5, 5.41) is 6.36. The molecule has 0 bridgehead atoms. The lowest BCUT2D eigenvalue weighted by molar-refractivity contribution is 0.332. The van der Waals surface area contributed by atoms with Gasteiger partial charge in [0.2, 0.25) is 0 Å². The highest BCUT2D eigenvalue weighted by molar-refractivity contribution is 6.89. The molecule has 7 aromatic carbocycles. The van der Waals surface area contributed by atoms with E-state index < -0.39 is 0 Å². The zero-order valence-electron chi connectivity index (χ0n) is 35.4.